The average molecular weight is 278 g/mol. The standard InChI is InChI=1S/C17H26O3/c1-10(2)13-7-11(3)17(4,14(18)8-13)15-9-12-5-6-19-16(12)20-15/h11-13,15-16H,1,5-9H2,2-4H3/t11-,12-,13-,15+,16+,17+/m1/s1. The lowest BCUT2D eigenvalue weighted by molar-refractivity contribution is -0.169. The summed E-state index contributed by atoms with van der Waals surface area (Å²) >= 11 is 0. The second-order valence-corrected chi connectivity index (χ2v) is 7.24. The Balaban J connectivity index is 1.78. The SMILES string of the molecule is C=C(C)[C@H]1CC(=O)[C@@](C)([C@@H]2C[C@H]3CCO[C@H]3O2)[C@H](C)C1. The third kappa shape index (κ3) is 2.06. The highest BCUT2D eigenvalue weighted by atomic mass is 16.7. The van der Waals surface area contributed by atoms with E-state index in [0.717, 1.165) is 31.4 Å². The van der Waals surface area contributed by atoms with Gasteiger partial charge in [-0.15, -0.1) is 0 Å². The molecule has 0 bridgehead atoms. The molecule has 3 nitrogen and oxygen atoms in total. The zero-order chi connectivity index (χ0) is 14.5. The molecule has 3 rings (SSSR count). The molecule has 0 aromatic carbocycles. The first kappa shape index (κ1) is 14.3. The summed E-state index contributed by atoms with van der Waals surface area (Å²) in [6, 6.07) is 0. The van der Waals surface area contributed by atoms with Gasteiger partial charge in [-0.3, -0.25) is 4.79 Å². The Hall–Kier alpha value is -0.670. The molecular formula is C17H26O3. The van der Waals surface area contributed by atoms with Gasteiger partial charge < -0.3 is 9.47 Å². The molecule has 3 heteroatoms. The highest BCUT2D eigenvalue weighted by molar-refractivity contribution is 5.86. The zero-order valence-corrected chi connectivity index (χ0v) is 12.9. The van der Waals surface area contributed by atoms with Crippen LogP contribution in [0.1, 0.15) is 46.5 Å². The molecule has 2 heterocycles. The first-order chi connectivity index (χ1) is 9.42. The van der Waals surface area contributed by atoms with E-state index in [-0.39, 0.29) is 17.8 Å². The van der Waals surface area contributed by atoms with Crippen molar-refractivity contribution in [2.24, 2.45) is 23.2 Å². The van der Waals surface area contributed by atoms with Gasteiger partial charge in [0.25, 0.3) is 0 Å². The summed E-state index contributed by atoms with van der Waals surface area (Å²) in [7, 11) is 0. The Bertz CT molecular complexity index is 418. The van der Waals surface area contributed by atoms with Crippen LogP contribution in [-0.4, -0.2) is 24.8 Å². The molecule has 3 aliphatic rings. The number of fused-ring (bicyclic) bond motifs is 1. The Kier molecular flexibility index (Phi) is 3.54. The molecule has 0 aromatic rings. The van der Waals surface area contributed by atoms with Gasteiger partial charge >= 0.3 is 0 Å². The molecule has 112 valence electrons. The maximum Gasteiger partial charge on any atom is 0.160 e. The minimum Gasteiger partial charge on any atom is -0.352 e. The third-order valence-corrected chi connectivity index (χ3v) is 6.03. The van der Waals surface area contributed by atoms with Crippen molar-refractivity contribution in [1.82, 2.24) is 0 Å². The lowest BCUT2D eigenvalue weighted by Crippen LogP contribution is -2.49. The van der Waals surface area contributed by atoms with Crippen LogP contribution < -0.4 is 0 Å². The highest BCUT2D eigenvalue weighted by Gasteiger charge is 2.55. The van der Waals surface area contributed by atoms with Gasteiger partial charge in [0.15, 0.2) is 6.29 Å². The van der Waals surface area contributed by atoms with Crippen LogP contribution in [-0.2, 0) is 14.3 Å². The van der Waals surface area contributed by atoms with Gasteiger partial charge in [-0.05, 0) is 44.9 Å². The summed E-state index contributed by atoms with van der Waals surface area (Å²) in [6.07, 6.45) is 3.71. The number of carbonyl (C=O) groups is 1. The monoisotopic (exact) mass is 278 g/mol. The molecule has 0 spiro atoms. The van der Waals surface area contributed by atoms with Crippen molar-refractivity contribution in [3.05, 3.63) is 12.2 Å². The van der Waals surface area contributed by atoms with Crippen molar-refractivity contribution in [2.45, 2.75) is 58.8 Å². The van der Waals surface area contributed by atoms with E-state index < -0.39 is 0 Å². The quantitative estimate of drug-likeness (QED) is 0.727. The van der Waals surface area contributed by atoms with Crippen LogP contribution in [0.15, 0.2) is 12.2 Å². The van der Waals surface area contributed by atoms with Crippen LogP contribution in [0.5, 0.6) is 0 Å². The highest BCUT2D eigenvalue weighted by Crippen LogP contribution is 2.51. The Morgan fingerprint density at radius 3 is 2.75 bits per heavy atom. The Morgan fingerprint density at radius 1 is 1.40 bits per heavy atom. The number of allylic oxidation sites excluding steroid dienone is 1. The minimum absolute atomic E-state index is 0.0337. The first-order valence-electron chi connectivity index (χ1n) is 7.88. The van der Waals surface area contributed by atoms with Gasteiger partial charge in [0, 0.05) is 12.3 Å². The number of rotatable bonds is 2. The minimum atomic E-state index is -0.348. The molecule has 6 atom stereocenters. The molecule has 0 N–H and O–H groups in total. The van der Waals surface area contributed by atoms with E-state index in [1.807, 2.05) is 6.92 Å². The summed E-state index contributed by atoms with van der Waals surface area (Å²) in [4.78, 5) is 12.8. The van der Waals surface area contributed by atoms with Crippen LogP contribution in [0.25, 0.3) is 0 Å². The van der Waals surface area contributed by atoms with E-state index in [9.17, 15) is 4.79 Å². The number of carbonyl (C=O) groups excluding carboxylic acids is 1. The molecule has 0 amide bonds. The van der Waals surface area contributed by atoms with Crippen molar-refractivity contribution in [1.29, 1.82) is 0 Å². The number of hydrogen-bond donors (Lipinski definition) is 0. The van der Waals surface area contributed by atoms with Crippen molar-refractivity contribution >= 4 is 5.78 Å². The summed E-state index contributed by atoms with van der Waals surface area (Å²) < 4.78 is 11.7. The molecule has 1 saturated carbocycles. The fourth-order valence-corrected chi connectivity index (χ4v) is 4.21. The first-order valence-corrected chi connectivity index (χ1v) is 7.88. The van der Waals surface area contributed by atoms with Crippen molar-refractivity contribution in [2.75, 3.05) is 6.61 Å². The number of hydrogen-bond acceptors (Lipinski definition) is 3. The van der Waals surface area contributed by atoms with Crippen LogP contribution in [0, 0.1) is 23.2 Å². The van der Waals surface area contributed by atoms with E-state index in [0.29, 0.717) is 30.0 Å². The van der Waals surface area contributed by atoms with Gasteiger partial charge in [0.05, 0.1) is 18.1 Å². The molecule has 3 fully saturated rings. The molecule has 0 aromatic heterocycles. The second-order valence-electron chi connectivity index (χ2n) is 7.24. The summed E-state index contributed by atoms with van der Waals surface area (Å²) in [6.45, 7) is 11.2. The lowest BCUT2D eigenvalue weighted by Gasteiger charge is -2.45. The van der Waals surface area contributed by atoms with E-state index >= 15 is 0 Å². The predicted octanol–water partition coefficient (Wildman–Crippen LogP) is 3.34. The summed E-state index contributed by atoms with van der Waals surface area (Å²) in [5.41, 5.74) is 0.791. The molecular weight excluding hydrogens is 252 g/mol. The molecule has 0 radical (unpaired) electrons. The fraction of sp³-hybridized carbons (Fsp3) is 0.824. The average Bonchev–Trinajstić information content (AvgIpc) is 2.95. The maximum atomic E-state index is 12.8. The largest absolute Gasteiger partial charge is 0.352 e. The van der Waals surface area contributed by atoms with Crippen LogP contribution in [0.4, 0.5) is 0 Å². The van der Waals surface area contributed by atoms with Gasteiger partial charge in [0.2, 0.25) is 0 Å². The third-order valence-electron chi connectivity index (χ3n) is 6.03. The number of Topliss-reactive ketones (excluding diaryl/α,β-unsaturated/α-hetero) is 1. The van der Waals surface area contributed by atoms with E-state index in [1.54, 1.807) is 0 Å². The lowest BCUT2D eigenvalue weighted by atomic mass is 9.60. The topological polar surface area (TPSA) is 35.5 Å². The normalized spacial score (nSPS) is 48.4. The Labute approximate surface area is 121 Å². The zero-order valence-electron chi connectivity index (χ0n) is 12.9. The van der Waals surface area contributed by atoms with Crippen LogP contribution in [0.2, 0.25) is 0 Å². The van der Waals surface area contributed by atoms with Crippen molar-refractivity contribution in [3.8, 4) is 0 Å². The fourth-order valence-electron chi connectivity index (χ4n) is 4.21. The van der Waals surface area contributed by atoms with Gasteiger partial charge in [-0.2, -0.15) is 0 Å². The smallest absolute Gasteiger partial charge is 0.160 e. The van der Waals surface area contributed by atoms with Crippen LogP contribution >= 0.6 is 0 Å². The van der Waals surface area contributed by atoms with Crippen molar-refractivity contribution < 1.29 is 14.3 Å². The van der Waals surface area contributed by atoms with Gasteiger partial charge in [0.1, 0.15) is 5.78 Å². The van der Waals surface area contributed by atoms with E-state index in [2.05, 4.69) is 20.4 Å². The van der Waals surface area contributed by atoms with E-state index in [1.165, 1.54) is 0 Å². The number of ether oxygens (including phenoxy) is 2. The summed E-state index contributed by atoms with van der Waals surface area (Å²) in [5, 5.41) is 0. The molecule has 2 saturated heterocycles. The molecule has 1 aliphatic carbocycles. The second kappa shape index (κ2) is 4.96. The number of ketones is 1. The van der Waals surface area contributed by atoms with E-state index in [4.69, 9.17) is 9.47 Å². The Morgan fingerprint density at radius 2 is 2.15 bits per heavy atom. The van der Waals surface area contributed by atoms with Gasteiger partial charge in [-0.25, -0.2) is 0 Å². The van der Waals surface area contributed by atoms with Gasteiger partial charge in [-0.1, -0.05) is 19.1 Å². The van der Waals surface area contributed by atoms with Crippen LogP contribution in [0.3, 0.4) is 0 Å². The maximum absolute atomic E-state index is 12.8. The molecule has 20 heavy (non-hydrogen) atoms. The van der Waals surface area contributed by atoms with Crippen molar-refractivity contribution in [3.63, 3.8) is 0 Å². The predicted molar refractivity (Wildman–Crippen MR) is 77.2 cm³/mol. The molecule has 0 unspecified atom stereocenters. The molecule has 2 aliphatic heterocycles. The summed E-state index contributed by atoms with van der Waals surface area (Å²) in [5.74, 6) is 1.54.